The van der Waals surface area contributed by atoms with Crippen molar-refractivity contribution in [2.24, 2.45) is 0 Å². The molecule has 0 aliphatic rings. The molecule has 2 heterocycles. The molecule has 4 rings (SSSR count). The third-order valence-corrected chi connectivity index (χ3v) is 4.23. The van der Waals surface area contributed by atoms with E-state index in [-0.39, 0.29) is 5.82 Å². The van der Waals surface area contributed by atoms with Gasteiger partial charge in [-0.15, -0.1) is 0 Å². The second-order valence-electron chi connectivity index (χ2n) is 5.85. The Morgan fingerprint density at radius 1 is 0.920 bits per heavy atom. The molecule has 122 valence electrons. The lowest BCUT2D eigenvalue weighted by atomic mass is 9.97. The van der Waals surface area contributed by atoms with Gasteiger partial charge in [0, 0.05) is 22.7 Å². The fraction of sp³-hybridized carbons (Fsp3) is 0.0500. The fourth-order valence-corrected chi connectivity index (χ4v) is 2.85. The molecular formula is C20H15FN4. The van der Waals surface area contributed by atoms with Crippen LogP contribution < -0.4 is 5.73 Å². The maximum atomic E-state index is 14.0. The van der Waals surface area contributed by atoms with Crippen LogP contribution in [0.1, 0.15) is 5.56 Å². The van der Waals surface area contributed by atoms with Crippen molar-refractivity contribution in [1.82, 2.24) is 15.0 Å². The number of nitrogen functional groups attached to an aromatic ring is 1. The number of rotatable bonds is 2. The normalized spacial score (nSPS) is 11.0. The van der Waals surface area contributed by atoms with Gasteiger partial charge >= 0.3 is 0 Å². The second-order valence-corrected chi connectivity index (χ2v) is 5.85. The van der Waals surface area contributed by atoms with Gasteiger partial charge in [0.25, 0.3) is 0 Å². The lowest BCUT2D eigenvalue weighted by Crippen LogP contribution is -1.94. The molecule has 0 aliphatic carbocycles. The third-order valence-electron chi connectivity index (χ3n) is 4.23. The molecule has 5 heteroatoms. The smallest absolute Gasteiger partial charge is 0.134 e. The van der Waals surface area contributed by atoms with Crippen LogP contribution in [0.25, 0.3) is 33.3 Å². The van der Waals surface area contributed by atoms with Crippen molar-refractivity contribution in [3.05, 3.63) is 72.4 Å². The Balaban J connectivity index is 1.92. The Labute approximate surface area is 144 Å². The molecule has 4 nitrogen and oxygen atoms in total. The molecular weight excluding hydrogens is 315 g/mol. The van der Waals surface area contributed by atoms with Crippen LogP contribution in [-0.4, -0.2) is 15.0 Å². The van der Waals surface area contributed by atoms with Crippen molar-refractivity contribution in [2.45, 2.75) is 6.92 Å². The minimum absolute atomic E-state index is 0.245. The number of aryl methyl sites for hydroxylation is 1. The summed E-state index contributed by atoms with van der Waals surface area (Å²) in [5.41, 5.74) is 10.6. The summed E-state index contributed by atoms with van der Waals surface area (Å²) in [6.45, 7) is 1.74. The molecule has 0 radical (unpaired) electrons. The van der Waals surface area contributed by atoms with E-state index in [0.29, 0.717) is 11.4 Å². The molecule has 2 aromatic carbocycles. The van der Waals surface area contributed by atoms with E-state index in [0.717, 1.165) is 33.3 Å². The monoisotopic (exact) mass is 330 g/mol. The Morgan fingerprint density at radius 2 is 1.76 bits per heavy atom. The lowest BCUT2D eigenvalue weighted by molar-refractivity contribution is 0.619. The van der Waals surface area contributed by atoms with Crippen molar-refractivity contribution in [2.75, 3.05) is 5.73 Å². The van der Waals surface area contributed by atoms with E-state index >= 15 is 0 Å². The highest BCUT2D eigenvalue weighted by atomic mass is 19.1. The summed E-state index contributed by atoms with van der Waals surface area (Å²) >= 11 is 0. The minimum Gasteiger partial charge on any atom is -0.383 e. The standard InChI is InChI=1S/C20H15FN4/c1-12-4-5-14(10-17(12)21)19-15(3-2-8-23-19)13-6-7-18-16(9-13)20(22)25-11-24-18/h2-11H,1H3,(H2,22,24,25). The van der Waals surface area contributed by atoms with Crippen LogP contribution in [0, 0.1) is 12.7 Å². The van der Waals surface area contributed by atoms with Gasteiger partial charge in [-0.25, -0.2) is 14.4 Å². The second kappa shape index (κ2) is 5.94. The van der Waals surface area contributed by atoms with Gasteiger partial charge in [-0.2, -0.15) is 0 Å². The zero-order valence-corrected chi connectivity index (χ0v) is 13.6. The topological polar surface area (TPSA) is 64.7 Å². The van der Waals surface area contributed by atoms with Crippen molar-refractivity contribution in [1.29, 1.82) is 0 Å². The molecule has 0 amide bonds. The van der Waals surface area contributed by atoms with Crippen molar-refractivity contribution in [3.63, 3.8) is 0 Å². The van der Waals surface area contributed by atoms with Crippen molar-refractivity contribution in [3.8, 4) is 22.4 Å². The van der Waals surface area contributed by atoms with Crippen LogP contribution >= 0.6 is 0 Å². The number of hydrogen-bond donors (Lipinski definition) is 1. The number of halogens is 1. The van der Waals surface area contributed by atoms with Crippen LogP contribution in [0.15, 0.2) is 61.1 Å². The highest BCUT2D eigenvalue weighted by Crippen LogP contribution is 2.33. The van der Waals surface area contributed by atoms with E-state index in [1.165, 1.54) is 12.4 Å². The van der Waals surface area contributed by atoms with Gasteiger partial charge in [0.05, 0.1) is 11.2 Å². The van der Waals surface area contributed by atoms with Gasteiger partial charge in [-0.05, 0) is 42.3 Å². The number of fused-ring (bicyclic) bond motifs is 1. The van der Waals surface area contributed by atoms with E-state index in [9.17, 15) is 4.39 Å². The Bertz CT molecular complexity index is 1090. The maximum Gasteiger partial charge on any atom is 0.134 e. The number of pyridine rings is 1. The van der Waals surface area contributed by atoms with Gasteiger partial charge in [-0.1, -0.05) is 24.3 Å². The molecule has 0 saturated heterocycles. The van der Waals surface area contributed by atoms with E-state index in [2.05, 4.69) is 15.0 Å². The number of aromatic nitrogens is 3. The largest absolute Gasteiger partial charge is 0.383 e. The summed E-state index contributed by atoms with van der Waals surface area (Å²) in [5, 5.41) is 0.782. The first kappa shape index (κ1) is 15.2. The van der Waals surface area contributed by atoms with Gasteiger partial charge in [0.2, 0.25) is 0 Å². The molecule has 0 bridgehead atoms. The number of nitrogens with two attached hydrogens (primary N) is 1. The molecule has 0 unspecified atom stereocenters. The number of nitrogens with zero attached hydrogens (tertiary/aromatic N) is 3. The molecule has 4 aromatic rings. The highest BCUT2D eigenvalue weighted by molar-refractivity contribution is 5.93. The first-order valence-corrected chi connectivity index (χ1v) is 7.85. The summed E-state index contributed by atoms with van der Waals surface area (Å²) < 4.78 is 14.0. The molecule has 2 N–H and O–H groups in total. The molecule has 0 aliphatic heterocycles. The number of anilines is 1. The number of benzene rings is 2. The zero-order chi connectivity index (χ0) is 17.4. The fourth-order valence-electron chi connectivity index (χ4n) is 2.85. The summed E-state index contributed by atoms with van der Waals surface area (Å²) in [4.78, 5) is 12.7. The minimum atomic E-state index is -0.245. The van der Waals surface area contributed by atoms with Crippen LogP contribution in [0.3, 0.4) is 0 Å². The molecule has 25 heavy (non-hydrogen) atoms. The highest BCUT2D eigenvalue weighted by Gasteiger charge is 2.11. The predicted octanol–water partition coefficient (Wildman–Crippen LogP) is 4.39. The molecule has 0 atom stereocenters. The summed E-state index contributed by atoms with van der Waals surface area (Å²) in [7, 11) is 0. The van der Waals surface area contributed by atoms with Crippen LogP contribution in [-0.2, 0) is 0 Å². The molecule has 0 saturated carbocycles. The van der Waals surface area contributed by atoms with E-state index < -0.39 is 0 Å². The molecule has 0 fully saturated rings. The van der Waals surface area contributed by atoms with Gasteiger partial charge in [0.15, 0.2) is 0 Å². The van der Waals surface area contributed by atoms with Gasteiger partial charge < -0.3 is 5.73 Å². The first-order chi connectivity index (χ1) is 12.1. The van der Waals surface area contributed by atoms with E-state index in [1.807, 2.05) is 36.4 Å². The van der Waals surface area contributed by atoms with Crippen LogP contribution in [0.4, 0.5) is 10.2 Å². The predicted molar refractivity (Wildman–Crippen MR) is 97.3 cm³/mol. The van der Waals surface area contributed by atoms with Gasteiger partial charge in [-0.3, -0.25) is 4.98 Å². The number of hydrogen-bond acceptors (Lipinski definition) is 4. The quantitative estimate of drug-likeness (QED) is 0.592. The van der Waals surface area contributed by atoms with E-state index in [4.69, 9.17) is 5.73 Å². The first-order valence-electron chi connectivity index (χ1n) is 7.85. The van der Waals surface area contributed by atoms with Gasteiger partial charge in [0.1, 0.15) is 18.0 Å². The van der Waals surface area contributed by atoms with E-state index in [1.54, 1.807) is 19.2 Å². The van der Waals surface area contributed by atoms with Crippen LogP contribution in [0.2, 0.25) is 0 Å². The third kappa shape index (κ3) is 2.70. The average molecular weight is 330 g/mol. The summed E-state index contributed by atoms with van der Waals surface area (Å²) in [6.07, 6.45) is 3.15. The lowest BCUT2D eigenvalue weighted by Gasteiger charge is -2.11. The Hall–Kier alpha value is -3.34. The van der Waals surface area contributed by atoms with Crippen molar-refractivity contribution >= 4 is 16.7 Å². The summed E-state index contributed by atoms with van der Waals surface area (Å²) in [6, 6.07) is 14.8. The Kier molecular flexibility index (Phi) is 3.61. The zero-order valence-electron chi connectivity index (χ0n) is 13.6. The molecule has 2 aromatic heterocycles. The maximum absolute atomic E-state index is 14.0. The Morgan fingerprint density at radius 3 is 2.60 bits per heavy atom. The average Bonchev–Trinajstić information content (AvgIpc) is 2.64. The SMILES string of the molecule is Cc1ccc(-c2ncccc2-c2ccc3ncnc(N)c3c2)cc1F. The van der Waals surface area contributed by atoms with Crippen LogP contribution in [0.5, 0.6) is 0 Å². The molecule has 0 spiro atoms. The summed E-state index contributed by atoms with van der Waals surface area (Å²) in [5.74, 6) is 0.184. The van der Waals surface area contributed by atoms with Crippen molar-refractivity contribution < 1.29 is 4.39 Å².